The molecule has 0 saturated heterocycles. The number of allylic oxidation sites excluding steroid dienone is 2. The molecule has 0 radical (unpaired) electrons. The van der Waals surface area contributed by atoms with E-state index in [9.17, 15) is 4.79 Å². The van der Waals surface area contributed by atoms with Crippen LogP contribution in [0.3, 0.4) is 0 Å². The number of anilines is 1. The lowest BCUT2D eigenvalue weighted by Crippen LogP contribution is -2.24. The Morgan fingerprint density at radius 2 is 1.72 bits per heavy atom. The van der Waals surface area contributed by atoms with Gasteiger partial charge in [-0.1, -0.05) is 74.2 Å². The zero-order chi connectivity index (χ0) is 19.2. The minimum absolute atomic E-state index is 0.456. The van der Waals surface area contributed by atoms with E-state index in [2.05, 4.69) is 38.8 Å². The van der Waals surface area contributed by atoms with Crippen molar-refractivity contribution in [3.63, 3.8) is 0 Å². The number of nitrogens with two attached hydrogens (primary N) is 1. The van der Waals surface area contributed by atoms with Gasteiger partial charge in [0.1, 0.15) is 4.61 Å². The lowest BCUT2D eigenvalue weighted by molar-refractivity contribution is -0.107. The van der Waals surface area contributed by atoms with Crippen molar-refractivity contribution in [2.45, 2.75) is 59.8 Å². The first kappa shape index (κ1) is 23.9. The predicted molar refractivity (Wildman–Crippen MR) is 117 cm³/mol. The summed E-state index contributed by atoms with van der Waals surface area (Å²) in [6.07, 6.45) is 6.32. The van der Waals surface area contributed by atoms with Gasteiger partial charge < -0.3 is 5.73 Å². The van der Waals surface area contributed by atoms with E-state index in [4.69, 9.17) is 5.73 Å². The number of hydrogen-bond acceptors (Lipinski definition) is 2. The largest absolute Gasteiger partial charge is 0.391 e. The Balaban J connectivity index is 0.00000277. The number of rotatable bonds is 9. The van der Waals surface area contributed by atoms with Gasteiger partial charge >= 0.3 is 0 Å². The lowest BCUT2D eigenvalue weighted by Gasteiger charge is -2.25. The molecule has 140 valence electrons. The molecule has 0 atom stereocenters. The SMILES string of the molecule is CC.CCCCCCC(/C(=C(\N)Br)N(C=O)c1ccccc1)=C(/C)Br. The topological polar surface area (TPSA) is 46.3 Å². The lowest BCUT2D eigenvalue weighted by atomic mass is 10.0. The van der Waals surface area contributed by atoms with Crippen molar-refractivity contribution < 1.29 is 4.79 Å². The first-order valence-electron chi connectivity index (χ1n) is 8.83. The Labute approximate surface area is 169 Å². The van der Waals surface area contributed by atoms with Crippen LogP contribution in [0.25, 0.3) is 0 Å². The van der Waals surface area contributed by atoms with Crippen LogP contribution in [-0.2, 0) is 4.79 Å². The van der Waals surface area contributed by atoms with Gasteiger partial charge in [0.05, 0.1) is 5.70 Å². The maximum atomic E-state index is 11.7. The van der Waals surface area contributed by atoms with E-state index >= 15 is 0 Å². The van der Waals surface area contributed by atoms with Gasteiger partial charge in [0.15, 0.2) is 0 Å². The van der Waals surface area contributed by atoms with Crippen molar-refractivity contribution in [3.05, 3.63) is 50.7 Å². The van der Waals surface area contributed by atoms with Gasteiger partial charge in [-0.2, -0.15) is 0 Å². The fourth-order valence-electron chi connectivity index (χ4n) is 2.42. The number of carbonyl (C=O) groups is 1. The number of unbranched alkanes of at least 4 members (excludes halogenated alkanes) is 3. The van der Waals surface area contributed by atoms with Crippen LogP contribution in [0.5, 0.6) is 0 Å². The van der Waals surface area contributed by atoms with Crippen molar-refractivity contribution in [1.29, 1.82) is 0 Å². The predicted octanol–water partition coefficient (Wildman–Crippen LogP) is 6.84. The Kier molecular flexibility index (Phi) is 13.5. The first-order valence-corrected chi connectivity index (χ1v) is 10.4. The van der Waals surface area contributed by atoms with Crippen LogP contribution in [0.1, 0.15) is 59.8 Å². The van der Waals surface area contributed by atoms with Crippen LogP contribution < -0.4 is 10.6 Å². The molecular formula is C20H30Br2N2O. The average Bonchev–Trinajstić information content (AvgIpc) is 2.62. The molecule has 2 N–H and O–H groups in total. The smallest absolute Gasteiger partial charge is 0.218 e. The Morgan fingerprint density at radius 1 is 1.12 bits per heavy atom. The highest BCUT2D eigenvalue weighted by Crippen LogP contribution is 2.32. The molecule has 0 fully saturated rings. The third-order valence-corrected chi connectivity index (χ3v) is 4.44. The second-order valence-electron chi connectivity index (χ2n) is 5.33. The molecule has 1 aromatic carbocycles. The zero-order valence-corrected chi connectivity index (χ0v) is 18.9. The molecule has 0 saturated carbocycles. The Hall–Kier alpha value is -1.07. The molecule has 0 heterocycles. The van der Waals surface area contributed by atoms with Gasteiger partial charge in [-0.15, -0.1) is 0 Å². The van der Waals surface area contributed by atoms with Gasteiger partial charge in [0, 0.05) is 5.69 Å². The van der Waals surface area contributed by atoms with E-state index in [1.807, 2.05) is 51.1 Å². The van der Waals surface area contributed by atoms with Crippen LogP contribution in [0.4, 0.5) is 5.69 Å². The number of amides is 1. The molecule has 3 nitrogen and oxygen atoms in total. The molecule has 0 unspecified atom stereocenters. The summed E-state index contributed by atoms with van der Waals surface area (Å²) in [5, 5.41) is 0. The average molecular weight is 474 g/mol. The summed E-state index contributed by atoms with van der Waals surface area (Å²) in [7, 11) is 0. The second kappa shape index (κ2) is 14.1. The minimum Gasteiger partial charge on any atom is -0.391 e. The van der Waals surface area contributed by atoms with Crippen LogP contribution >= 0.6 is 31.9 Å². The molecule has 0 bridgehead atoms. The number of halogens is 2. The van der Waals surface area contributed by atoms with Gasteiger partial charge in [0.25, 0.3) is 0 Å². The maximum Gasteiger partial charge on any atom is 0.218 e. The molecule has 1 amide bonds. The number of carbonyl (C=O) groups excluding carboxylic acids is 1. The van der Waals surface area contributed by atoms with E-state index in [0.717, 1.165) is 35.0 Å². The highest BCUT2D eigenvalue weighted by molar-refractivity contribution is 9.12. The summed E-state index contributed by atoms with van der Waals surface area (Å²) < 4.78 is 1.45. The Bertz CT molecular complexity index is 560. The normalized spacial score (nSPS) is 12.4. The van der Waals surface area contributed by atoms with E-state index in [0.29, 0.717) is 10.3 Å². The molecule has 0 aliphatic rings. The summed E-state index contributed by atoms with van der Waals surface area (Å²) in [5.41, 5.74) is 8.60. The van der Waals surface area contributed by atoms with Crippen LogP contribution in [-0.4, -0.2) is 6.41 Å². The number of para-hydroxylation sites is 1. The summed E-state index contributed by atoms with van der Waals surface area (Å²) in [4.78, 5) is 13.3. The van der Waals surface area contributed by atoms with Crippen molar-refractivity contribution >= 4 is 44.0 Å². The molecule has 5 heteroatoms. The maximum absolute atomic E-state index is 11.7. The second-order valence-corrected chi connectivity index (χ2v) is 7.37. The first-order chi connectivity index (χ1) is 12.0. The Morgan fingerprint density at radius 3 is 2.16 bits per heavy atom. The van der Waals surface area contributed by atoms with Crippen molar-refractivity contribution in [2.24, 2.45) is 5.73 Å². The van der Waals surface area contributed by atoms with E-state index in [1.165, 1.54) is 19.3 Å². The highest BCUT2D eigenvalue weighted by Gasteiger charge is 2.19. The van der Waals surface area contributed by atoms with Gasteiger partial charge in [0.2, 0.25) is 6.41 Å². The van der Waals surface area contributed by atoms with Gasteiger partial charge in [-0.25, -0.2) is 0 Å². The van der Waals surface area contributed by atoms with Crippen LogP contribution in [0.15, 0.2) is 50.7 Å². The van der Waals surface area contributed by atoms with Crippen molar-refractivity contribution in [2.75, 3.05) is 4.90 Å². The molecule has 1 aromatic rings. The third kappa shape index (κ3) is 8.23. The third-order valence-electron chi connectivity index (χ3n) is 3.59. The fourth-order valence-corrected chi connectivity index (χ4v) is 3.23. The van der Waals surface area contributed by atoms with Crippen molar-refractivity contribution in [1.82, 2.24) is 0 Å². The molecule has 0 aromatic heterocycles. The molecule has 25 heavy (non-hydrogen) atoms. The molecular weight excluding hydrogens is 444 g/mol. The molecule has 0 spiro atoms. The summed E-state index contributed by atoms with van der Waals surface area (Å²) in [6.45, 7) is 8.18. The molecule has 0 aliphatic carbocycles. The zero-order valence-electron chi connectivity index (χ0n) is 15.7. The quantitative estimate of drug-likeness (QED) is 0.184. The minimum atomic E-state index is 0.456. The molecule has 1 rings (SSSR count). The van der Waals surface area contributed by atoms with E-state index in [-0.39, 0.29) is 0 Å². The van der Waals surface area contributed by atoms with Crippen LogP contribution in [0.2, 0.25) is 0 Å². The summed E-state index contributed by atoms with van der Waals surface area (Å²) >= 11 is 6.95. The molecule has 0 aliphatic heterocycles. The van der Waals surface area contributed by atoms with E-state index < -0.39 is 0 Å². The highest BCUT2D eigenvalue weighted by atomic mass is 79.9. The van der Waals surface area contributed by atoms with Gasteiger partial charge in [-0.3, -0.25) is 9.69 Å². The standard InChI is InChI=1S/C18H24Br2N2O.C2H6/c1-3-4-5-9-12-16(14(2)19)17(18(20)21)22(13-23)15-10-7-6-8-11-15;1-2/h6-8,10-11,13H,3-5,9,12,21H2,1-2H3;1-2H3/b16-14+,18-17+;. The van der Waals surface area contributed by atoms with E-state index in [1.54, 1.807) is 4.90 Å². The van der Waals surface area contributed by atoms with Crippen molar-refractivity contribution in [3.8, 4) is 0 Å². The number of hydrogen-bond donors (Lipinski definition) is 1. The fraction of sp³-hybridized carbons (Fsp3) is 0.450. The summed E-state index contributed by atoms with van der Waals surface area (Å²) in [6, 6.07) is 9.51. The number of benzene rings is 1. The van der Waals surface area contributed by atoms with Gasteiger partial charge in [-0.05, 0) is 57.9 Å². The summed E-state index contributed by atoms with van der Waals surface area (Å²) in [5.74, 6) is 0. The monoisotopic (exact) mass is 472 g/mol. The number of nitrogens with zero attached hydrogens (tertiary/aromatic N) is 1. The van der Waals surface area contributed by atoms with Crippen LogP contribution in [0, 0.1) is 0 Å².